The van der Waals surface area contributed by atoms with Crippen molar-refractivity contribution in [1.82, 2.24) is 0 Å². The lowest BCUT2D eigenvalue weighted by atomic mass is 9.72. The summed E-state index contributed by atoms with van der Waals surface area (Å²) in [4.78, 5) is 0. The van der Waals surface area contributed by atoms with Gasteiger partial charge in [0.1, 0.15) is 15.7 Å². The van der Waals surface area contributed by atoms with Crippen LogP contribution in [0.5, 0.6) is 0 Å². The van der Waals surface area contributed by atoms with Gasteiger partial charge in [0.05, 0.1) is 0 Å². The quantitative estimate of drug-likeness (QED) is 0.643. The molecule has 0 aliphatic heterocycles. The Morgan fingerprint density at radius 3 is 2.14 bits per heavy atom. The number of hydrogen-bond acceptors (Lipinski definition) is 0. The molecule has 2 aromatic carbocycles. The van der Waals surface area contributed by atoms with Crippen molar-refractivity contribution in [3.8, 4) is 11.1 Å². The molecule has 0 heterocycles. The lowest BCUT2D eigenvalue weighted by Gasteiger charge is -2.30. The van der Waals surface area contributed by atoms with Crippen molar-refractivity contribution in [2.45, 2.75) is 45.4 Å². The van der Waals surface area contributed by atoms with Crippen LogP contribution in [0.25, 0.3) is 11.1 Å². The van der Waals surface area contributed by atoms with E-state index in [1.54, 1.807) is 0 Å². The number of hydrogen-bond donors (Lipinski definition) is 0. The maximum Gasteiger partial charge on any atom is 0.138 e. The van der Waals surface area contributed by atoms with Gasteiger partial charge in [-0.25, -0.2) is 0 Å². The predicted molar refractivity (Wildman–Crippen MR) is 99.1 cm³/mol. The molecular formula is C19H24B2. The standard InChI is InChI=1S/C19H24B2/c1-18(2,3)13-8-6-7-11-12-9-15(20)16(21)10-14(12)19(4,5)17(11)13/h6-10H,20-21H2,1-5H3. The van der Waals surface area contributed by atoms with Crippen LogP contribution in [-0.4, -0.2) is 15.7 Å². The van der Waals surface area contributed by atoms with Crippen LogP contribution in [0.3, 0.4) is 0 Å². The first-order valence-corrected chi connectivity index (χ1v) is 7.90. The van der Waals surface area contributed by atoms with Gasteiger partial charge in [0.2, 0.25) is 0 Å². The summed E-state index contributed by atoms with van der Waals surface area (Å²) in [7, 11) is 4.44. The highest BCUT2D eigenvalue weighted by molar-refractivity contribution is 6.48. The first-order chi connectivity index (χ1) is 9.64. The first-order valence-electron chi connectivity index (χ1n) is 7.90. The molecule has 0 amide bonds. The Balaban J connectivity index is 2.40. The number of benzene rings is 2. The molecule has 3 rings (SSSR count). The van der Waals surface area contributed by atoms with Crippen molar-refractivity contribution >= 4 is 26.6 Å². The summed E-state index contributed by atoms with van der Waals surface area (Å²) in [6.45, 7) is 11.7. The Bertz CT molecular complexity index is 734. The minimum absolute atomic E-state index is 0.0903. The average molecular weight is 274 g/mol. The molecule has 0 unspecified atom stereocenters. The van der Waals surface area contributed by atoms with E-state index < -0.39 is 0 Å². The zero-order valence-electron chi connectivity index (χ0n) is 14.4. The molecule has 1 aliphatic rings. The van der Waals surface area contributed by atoms with E-state index in [2.05, 4.69) is 80.6 Å². The van der Waals surface area contributed by atoms with Gasteiger partial charge in [0, 0.05) is 5.41 Å². The molecule has 0 bridgehead atoms. The van der Waals surface area contributed by atoms with Crippen molar-refractivity contribution in [2.24, 2.45) is 0 Å². The fraction of sp³-hybridized carbons (Fsp3) is 0.368. The highest BCUT2D eigenvalue weighted by Crippen LogP contribution is 2.51. The lowest BCUT2D eigenvalue weighted by molar-refractivity contribution is 0.557. The molecule has 0 aromatic heterocycles. The summed E-state index contributed by atoms with van der Waals surface area (Å²) in [5.41, 5.74) is 10.4. The zero-order valence-corrected chi connectivity index (χ0v) is 14.4. The molecule has 0 atom stereocenters. The Hall–Kier alpha value is -1.43. The van der Waals surface area contributed by atoms with Gasteiger partial charge >= 0.3 is 0 Å². The molecule has 0 saturated heterocycles. The normalized spacial score (nSPS) is 15.7. The highest BCUT2D eigenvalue weighted by atomic mass is 14.4. The van der Waals surface area contributed by atoms with Crippen LogP contribution in [0.2, 0.25) is 0 Å². The maximum atomic E-state index is 2.40. The van der Waals surface area contributed by atoms with Gasteiger partial charge < -0.3 is 0 Å². The summed E-state index contributed by atoms with van der Waals surface area (Å²) < 4.78 is 0. The number of fused-ring (bicyclic) bond motifs is 3. The molecular weight excluding hydrogens is 250 g/mol. The van der Waals surface area contributed by atoms with Gasteiger partial charge in [-0.05, 0) is 33.2 Å². The molecule has 0 saturated carbocycles. The summed E-state index contributed by atoms with van der Waals surface area (Å²) in [5.74, 6) is 0. The summed E-state index contributed by atoms with van der Waals surface area (Å²) in [5, 5.41) is 0. The SMILES string of the molecule is Bc1cc2c(cc1B)C(C)(C)c1c-2cccc1C(C)(C)C. The second kappa shape index (κ2) is 4.29. The Morgan fingerprint density at radius 2 is 1.52 bits per heavy atom. The van der Waals surface area contributed by atoms with Gasteiger partial charge in [0.15, 0.2) is 0 Å². The largest absolute Gasteiger partial charge is 0.138 e. The van der Waals surface area contributed by atoms with E-state index in [0.29, 0.717) is 0 Å². The van der Waals surface area contributed by atoms with Crippen molar-refractivity contribution in [3.05, 3.63) is 47.0 Å². The Morgan fingerprint density at radius 1 is 0.905 bits per heavy atom. The minimum Gasteiger partial charge on any atom is -0.0948 e. The smallest absolute Gasteiger partial charge is 0.0948 e. The van der Waals surface area contributed by atoms with E-state index in [1.807, 2.05) is 0 Å². The third kappa shape index (κ3) is 1.99. The van der Waals surface area contributed by atoms with Crippen LogP contribution >= 0.6 is 0 Å². The van der Waals surface area contributed by atoms with Gasteiger partial charge in [0.25, 0.3) is 0 Å². The van der Waals surface area contributed by atoms with E-state index in [-0.39, 0.29) is 10.8 Å². The molecule has 106 valence electrons. The number of rotatable bonds is 0. The first kappa shape index (κ1) is 14.5. The molecule has 0 nitrogen and oxygen atoms in total. The molecule has 21 heavy (non-hydrogen) atoms. The van der Waals surface area contributed by atoms with Crippen LogP contribution in [0, 0.1) is 0 Å². The summed E-state index contributed by atoms with van der Waals surface area (Å²) in [6.07, 6.45) is 0. The average Bonchev–Trinajstić information content (AvgIpc) is 2.59. The van der Waals surface area contributed by atoms with E-state index in [4.69, 9.17) is 0 Å². The van der Waals surface area contributed by atoms with Gasteiger partial charge in [-0.15, -0.1) is 0 Å². The second-order valence-electron chi connectivity index (χ2n) is 8.09. The van der Waals surface area contributed by atoms with E-state index in [9.17, 15) is 0 Å². The Labute approximate surface area is 130 Å². The topological polar surface area (TPSA) is 0 Å². The van der Waals surface area contributed by atoms with E-state index >= 15 is 0 Å². The van der Waals surface area contributed by atoms with Crippen LogP contribution in [0.15, 0.2) is 30.3 Å². The van der Waals surface area contributed by atoms with Gasteiger partial charge in [-0.2, -0.15) is 0 Å². The third-order valence-corrected chi connectivity index (χ3v) is 5.09. The third-order valence-electron chi connectivity index (χ3n) is 5.09. The van der Waals surface area contributed by atoms with Crippen LogP contribution in [0.4, 0.5) is 0 Å². The molecule has 0 radical (unpaired) electrons. The minimum atomic E-state index is 0.0903. The second-order valence-corrected chi connectivity index (χ2v) is 8.09. The van der Waals surface area contributed by atoms with Crippen molar-refractivity contribution < 1.29 is 0 Å². The van der Waals surface area contributed by atoms with Gasteiger partial charge in [-0.3, -0.25) is 0 Å². The molecule has 0 fully saturated rings. The molecule has 2 aromatic rings. The Kier molecular flexibility index (Phi) is 2.96. The van der Waals surface area contributed by atoms with Crippen molar-refractivity contribution in [2.75, 3.05) is 0 Å². The van der Waals surface area contributed by atoms with Crippen LogP contribution < -0.4 is 10.9 Å². The fourth-order valence-electron chi connectivity index (χ4n) is 3.77. The lowest BCUT2D eigenvalue weighted by Crippen LogP contribution is -2.28. The highest BCUT2D eigenvalue weighted by Gasteiger charge is 2.39. The molecule has 0 N–H and O–H groups in total. The van der Waals surface area contributed by atoms with Gasteiger partial charge in [-0.1, -0.05) is 75.9 Å². The van der Waals surface area contributed by atoms with Crippen LogP contribution in [0.1, 0.15) is 51.3 Å². The van der Waals surface area contributed by atoms with E-state index in [1.165, 1.54) is 38.7 Å². The molecule has 0 spiro atoms. The molecule has 1 aliphatic carbocycles. The maximum absolute atomic E-state index is 2.40. The fourth-order valence-corrected chi connectivity index (χ4v) is 3.77. The van der Waals surface area contributed by atoms with Crippen LogP contribution in [-0.2, 0) is 10.8 Å². The summed E-state index contributed by atoms with van der Waals surface area (Å²) in [6, 6.07) is 11.6. The van der Waals surface area contributed by atoms with Crippen molar-refractivity contribution in [1.29, 1.82) is 0 Å². The zero-order chi connectivity index (χ0) is 15.6. The molecule has 2 heteroatoms. The predicted octanol–water partition coefficient (Wildman–Crippen LogP) is 1.81. The monoisotopic (exact) mass is 274 g/mol. The van der Waals surface area contributed by atoms with E-state index in [0.717, 1.165) is 0 Å². The summed E-state index contributed by atoms with van der Waals surface area (Å²) >= 11 is 0. The van der Waals surface area contributed by atoms with Crippen molar-refractivity contribution in [3.63, 3.8) is 0 Å².